The molecule has 0 saturated carbocycles. The van der Waals surface area contributed by atoms with Gasteiger partial charge >= 0.3 is 0 Å². The zero-order chi connectivity index (χ0) is 21.9. The molecular weight excluding hydrogens is 412 g/mol. The summed E-state index contributed by atoms with van der Waals surface area (Å²) in [4.78, 5) is 35.2. The van der Waals surface area contributed by atoms with Crippen molar-refractivity contribution in [3.8, 4) is 5.82 Å². The van der Waals surface area contributed by atoms with Gasteiger partial charge in [0.25, 0.3) is 5.91 Å². The van der Waals surface area contributed by atoms with Crippen molar-refractivity contribution in [2.75, 3.05) is 44.2 Å². The number of anilines is 1. The Morgan fingerprint density at radius 3 is 2.44 bits per heavy atom. The van der Waals surface area contributed by atoms with E-state index in [-0.39, 0.29) is 17.7 Å². The van der Waals surface area contributed by atoms with E-state index in [2.05, 4.69) is 25.2 Å². The zero-order valence-electron chi connectivity index (χ0n) is 17.6. The van der Waals surface area contributed by atoms with Gasteiger partial charge in [0.15, 0.2) is 17.4 Å². The van der Waals surface area contributed by atoms with Crippen molar-refractivity contribution in [1.29, 1.82) is 0 Å². The van der Waals surface area contributed by atoms with E-state index < -0.39 is 0 Å². The Hall–Kier alpha value is -3.76. The van der Waals surface area contributed by atoms with Gasteiger partial charge in [-0.1, -0.05) is 0 Å². The molecule has 0 unspecified atom stereocenters. The molecule has 11 nitrogen and oxygen atoms in total. The molecule has 11 heteroatoms. The topological polar surface area (TPSA) is 113 Å². The number of hydrogen-bond acceptors (Lipinski definition) is 8. The molecule has 166 valence electrons. The highest BCUT2D eigenvalue weighted by molar-refractivity contribution is 5.91. The molecule has 0 bridgehead atoms. The highest BCUT2D eigenvalue weighted by Crippen LogP contribution is 2.24. The van der Waals surface area contributed by atoms with Gasteiger partial charge in [0.2, 0.25) is 5.91 Å². The number of piperidine rings is 1. The molecule has 1 atom stereocenters. The average molecular weight is 436 g/mol. The summed E-state index contributed by atoms with van der Waals surface area (Å²) in [7, 11) is 0. The lowest BCUT2D eigenvalue weighted by molar-refractivity contribution is -0.137. The van der Waals surface area contributed by atoms with Crippen molar-refractivity contribution in [2.24, 2.45) is 5.92 Å². The molecule has 0 spiro atoms. The summed E-state index contributed by atoms with van der Waals surface area (Å²) in [6.07, 6.45) is 6.28. The van der Waals surface area contributed by atoms with E-state index in [9.17, 15) is 9.59 Å². The average Bonchev–Trinajstić information content (AvgIpc) is 3.58. The van der Waals surface area contributed by atoms with Gasteiger partial charge in [-0.3, -0.25) is 9.59 Å². The summed E-state index contributed by atoms with van der Waals surface area (Å²) < 4.78 is 6.76. The number of rotatable bonds is 4. The number of piperazine rings is 1. The van der Waals surface area contributed by atoms with Gasteiger partial charge in [-0.25, -0.2) is 9.67 Å². The number of carbonyl (C=O) groups excluding carboxylic acids is 2. The van der Waals surface area contributed by atoms with Gasteiger partial charge < -0.3 is 19.1 Å². The smallest absolute Gasteiger partial charge is 0.289 e. The molecule has 0 N–H and O–H groups in total. The first-order valence-electron chi connectivity index (χ1n) is 10.7. The van der Waals surface area contributed by atoms with Crippen LogP contribution in [0.1, 0.15) is 23.4 Å². The lowest BCUT2D eigenvalue weighted by atomic mass is 9.96. The van der Waals surface area contributed by atoms with Crippen molar-refractivity contribution >= 4 is 17.6 Å². The number of amides is 2. The Kier molecular flexibility index (Phi) is 5.53. The van der Waals surface area contributed by atoms with Crippen LogP contribution in [0.5, 0.6) is 0 Å². The number of hydrogen-bond donors (Lipinski definition) is 0. The van der Waals surface area contributed by atoms with E-state index in [1.165, 1.54) is 12.6 Å². The second kappa shape index (κ2) is 8.77. The predicted molar refractivity (Wildman–Crippen MR) is 113 cm³/mol. The normalized spacial score (nSPS) is 19.2. The van der Waals surface area contributed by atoms with E-state index in [1.807, 2.05) is 17.0 Å². The van der Waals surface area contributed by atoms with Crippen molar-refractivity contribution in [1.82, 2.24) is 34.8 Å². The number of carbonyl (C=O) groups is 2. The van der Waals surface area contributed by atoms with Gasteiger partial charge in [-0.15, -0.1) is 10.2 Å². The molecule has 2 aliphatic rings. The second-order valence-corrected chi connectivity index (χ2v) is 7.97. The summed E-state index contributed by atoms with van der Waals surface area (Å²) in [5.74, 6) is 1.61. The fourth-order valence-electron chi connectivity index (χ4n) is 4.27. The van der Waals surface area contributed by atoms with E-state index >= 15 is 0 Å². The highest BCUT2D eigenvalue weighted by Gasteiger charge is 2.33. The quantitative estimate of drug-likeness (QED) is 0.592. The molecule has 0 aromatic carbocycles. The van der Waals surface area contributed by atoms with Gasteiger partial charge in [-0.2, -0.15) is 5.10 Å². The molecule has 5 rings (SSSR count). The second-order valence-electron chi connectivity index (χ2n) is 7.97. The Morgan fingerprint density at radius 2 is 1.75 bits per heavy atom. The third kappa shape index (κ3) is 4.05. The van der Waals surface area contributed by atoms with Crippen LogP contribution in [0.25, 0.3) is 5.82 Å². The lowest BCUT2D eigenvalue weighted by Crippen LogP contribution is -2.53. The van der Waals surface area contributed by atoms with E-state index in [0.29, 0.717) is 44.3 Å². The molecule has 2 amide bonds. The van der Waals surface area contributed by atoms with E-state index in [1.54, 1.807) is 28.0 Å². The van der Waals surface area contributed by atoms with E-state index in [4.69, 9.17) is 4.42 Å². The molecule has 3 aromatic rings. The van der Waals surface area contributed by atoms with Crippen molar-refractivity contribution in [2.45, 2.75) is 12.8 Å². The summed E-state index contributed by atoms with van der Waals surface area (Å²) in [5.41, 5.74) is 0. The molecule has 0 radical (unpaired) electrons. The van der Waals surface area contributed by atoms with Crippen LogP contribution in [-0.4, -0.2) is 85.8 Å². The fraction of sp³-hybridized carbons (Fsp3) is 0.429. The summed E-state index contributed by atoms with van der Waals surface area (Å²) in [5, 5.41) is 12.6. The first-order valence-corrected chi connectivity index (χ1v) is 10.7. The third-order valence-corrected chi connectivity index (χ3v) is 6.00. The molecule has 0 aliphatic carbocycles. The first-order chi connectivity index (χ1) is 15.7. The van der Waals surface area contributed by atoms with Gasteiger partial charge in [-0.05, 0) is 37.1 Å². The van der Waals surface area contributed by atoms with Crippen LogP contribution in [0.2, 0.25) is 0 Å². The maximum absolute atomic E-state index is 13.2. The minimum absolute atomic E-state index is 0.0899. The summed E-state index contributed by atoms with van der Waals surface area (Å²) >= 11 is 0. The monoisotopic (exact) mass is 436 g/mol. The van der Waals surface area contributed by atoms with Crippen LogP contribution in [0.4, 0.5) is 5.82 Å². The molecule has 32 heavy (non-hydrogen) atoms. The SMILES string of the molecule is O=C(c1ccco1)N1CCN(C(=O)[C@@H]2CCCN(c3ccc(-n4cncn4)nn3)C2)CC1. The van der Waals surface area contributed by atoms with Gasteiger partial charge in [0, 0.05) is 39.3 Å². The van der Waals surface area contributed by atoms with Crippen LogP contribution in [0, 0.1) is 5.92 Å². The van der Waals surface area contributed by atoms with Crippen LogP contribution in [0.3, 0.4) is 0 Å². The van der Waals surface area contributed by atoms with Crippen LogP contribution in [0.15, 0.2) is 47.6 Å². The minimum Gasteiger partial charge on any atom is -0.459 e. The molecule has 2 aliphatic heterocycles. The largest absolute Gasteiger partial charge is 0.459 e. The molecule has 2 fully saturated rings. The maximum Gasteiger partial charge on any atom is 0.289 e. The zero-order valence-corrected chi connectivity index (χ0v) is 17.6. The Balaban J connectivity index is 1.18. The number of aromatic nitrogens is 5. The Bertz CT molecular complexity index is 1040. The van der Waals surface area contributed by atoms with Gasteiger partial charge in [0.05, 0.1) is 12.2 Å². The third-order valence-electron chi connectivity index (χ3n) is 6.00. The minimum atomic E-state index is -0.126. The molecule has 2 saturated heterocycles. The van der Waals surface area contributed by atoms with Crippen molar-refractivity contribution < 1.29 is 14.0 Å². The van der Waals surface area contributed by atoms with E-state index in [0.717, 1.165) is 25.2 Å². The highest BCUT2D eigenvalue weighted by atomic mass is 16.3. The van der Waals surface area contributed by atoms with Crippen molar-refractivity contribution in [3.05, 3.63) is 48.9 Å². The van der Waals surface area contributed by atoms with Crippen LogP contribution >= 0.6 is 0 Å². The maximum atomic E-state index is 13.2. The van der Waals surface area contributed by atoms with Crippen LogP contribution in [-0.2, 0) is 4.79 Å². The number of nitrogens with zero attached hydrogens (tertiary/aromatic N) is 8. The fourth-order valence-corrected chi connectivity index (χ4v) is 4.27. The molecule has 3 aromatic heterocycles. The summed E-state index contributed by atoms with van der Waals surface area (Å²) in [6.45, 7) is 3.55. The molecule has 5 heterocycles. The van der Waals surface area contributed by atoms with Crippen molar-refractivity contribution in [3.63, 3.8) is 0 Å². The van der Waals surface area contributed by atoms with Crippen LogP contribution < -0.4 is 4.90 Å². The Labute approximate surface area is 184 Å². The number of furan rings is 1. The summed E-state index contributed by atoms with van der Waals surface area (Å²) in [6, 6.07) is 7.11. The Morgan fingerprint density at radius 1 is 0.969 bits per heavy atom. The molecular formula is C21H24N8O3. The van der Waals surface area contributed by atoms with Gasteiger partial charge in [0.1, 0.15) is 12.7 Å². The predicted octanol–water partition coefficient (Wildman–Crippen LogP) is 0.851. The lowest BCUT2D eigenvalue weighted by Gasteiger charge is -2.39. The standard InChI is InChI=1S/C21H24N8O3/c30-20(26-8-10-27(11-9-26)21(31)17-4-2-12-32-17)16-3-1-7-28(13-16)18-5-6-19(25-24-18)29-15-22-14-23-29/h2,4-6,12,14-16H,1,3,7-11,13H2/t16-/m1/s1. The first kappa shape index (κ1) is 20.2.